The van der Waals surface area contributed by atoms with Gasteiger partial charge in [-0.05, 0) is 29.5 Å². The summed E-state index contributed by atoms with van der Waals surface area (Å²) >= 11 is 0. The first-order valence-electron chi connectivity index (χ1n) is 10.9. The van der Waals surface area contributed by atoms with Gasteiger partial charge in [0, 0.05) is 32.6 Å². The van der Waals surface area contributed by atoms with Gasteiger partial charge in [-0.3, -0.25) is 9.59 Å². The Hall–Kier alpha value is -2.66. The Bertz CT molecular complexity index is 875. The smallest absolute Gasteiger partial charge is 0.231 e. The number of morpholine rings is 1. The fourth-order valence-corrected chi connectivity index (χ4v) is 4.64. The Morgan fingerprint density at radius 2 is 1.57 bits per heavy atom. The largest absolute Gasteiger partial charge is 0.378 e. The van der Waals surface area contributed by atoms with Crippen molar-refractivity contribution in [1.82, 2.24) is 9.80 Å². The average Bonchev–Trinajstić information content (AvgIpc) is 3.25. The van der Waals surface area contributed by atoms with Crippen molar-refractivity contribution in [2.75, 3.05) is 39.4 Å². The molecule has 5 heteroatoms. The predicted octanol–water partition coefficient (Wildman–Crippen LogP) is 3.38. The first-order chi connectivity index (χ1) is 14.6. The Balaban J connectivity index is 1.57. The summed E-state index contributed by atoms with van der Waals surface area (Å²) in [6.45, 7) is 5.50. The maximum atomic E-state index is 13.6. The SMILES string of the molecule is CCC(=O)N1CCC(Cc2ccc(-c3ccccc3)cc2)(C(=O)N2CCOCC2)C1. The number of hydrogen-bond donors (Lipinski definition) is 0. The van der Waals surface area contributed by atoms with Gasteiger partial charge in [-0.2, -0.15) is 0 Å². The van der Waals surface area contributed by atoms with Crippen LogP contribution < -0.4 is 0 Å². The molecule has 30 heavy (non-hydrogen) atoms. The minimum Gasteiger partial charge on any atom is -0.378 e. The Morgan fingerprint density at radius 3 is 2.23 bits per heavy atom. The van der Waals surface area contributed by atoms with Crippen LogP contribution in [-0.2, 0) is 20.7 Å². The number of hydrogen-bond acceptors (Lipinski definition) is 3. The van der Waals surface area contributed by atoms with Crippen LogP contribution in [0.4, 0.5) is 0 Å². The zero-order valence-corrected chi connectivity index (χ0v) is 17.7. The first-order valence-corrected chi connectivity index (χ1v) is 10.9. The standard InChI is InChI=1S/C25H30N2O3/c1-2-23(28)27-13-12-25(19-27,24(29)26-14-16-30-17-15-26)18-20-8-10-22(11-9-20)21-6-4-3-5-7-21/h3-11H,2,12-19H2,1H3. The van der Waals surface area contributed by atoms with Crippen molar-refractivity contribution in [3.05, 3.63) is 60.2 Å². The lowest BCUT2D eigenvalue weighted by atomic mass is 9.79. The summed E-state index contributed by atoms with van der Waals surface area (Å²) in [6.07, 6.45) is 1.86. The van der Waals surface area contributed by atoms with Crippen molar-refractivity contribution in [2.24, 2.45) is 5.41 Å². The molecule has 5 nitrogen and oxygen atoms in total. The molecule has 0 spiro atoms. The third kappa shape index (κ3) is 4.26. The van der Waals surface area contributed by atoms with Crippen molar-refractivity contribution in [2.45, 2.75) is 26.2 Å². The molecule has 2 fully saturated rings. The summed E-state index contributed by atoms with van der Waals surface area (Å²) in [5.41, 5.74) is 2.95. The molecule has 0 aliphatic carbocycles. The third-order valence-electron chi connectivity index (χ3n) is 6.36. The summed E-state index contributed by atoms with van der Waals surface area (Å²) in [7, 11) is 0. The van der Waals surface area contributed by atoms with Gasteiger partial charge in [-0.1, -0.05) is 61.5 Å². The van der Waals surface area contributed by atoms with E-state index in [9.17, 15) is 9.59 Å². The van der Waals surface area contributed by atoms with Gasteiger partial charge in [-0.25, -0.2) is 0 Å². The molecule has 2 aliphatic heterocycles. The number of benzene rings is 2. The molecular weight excluding hydrogens is 376 g/mol. The summed E-state index contributed by atoms with van der Waals surface area (Å²) in [6, 6.07) is 18.8. The van der Waals surface area contributed by atoms with Gasteiger partial charge in [0.25, 0.3) is 0 Å². The lowest BCUT2D eigenvalue weighted by Crippen LogP contribution is -2.51. The number of ether oxygens (including phenoxy) is 1. The van der Waals surface area contributed by atoms with E-state index in [1.54, 1.807) is 0 Å². The Kier molecular flexibility index (Phi) is 6.18. The van der Waals surface area contributed by atoms with Crippen molar-refractivity contribution in [1.29, 1.82) is 0 Å². The van der Waals surface area contributed by atoms with E-state index in [1.807, 2.05) is 34.9 Å². The zero-order chi connectivity index (χ0) is 21.0. The van der Waals surface area contributed by atoms with Crippen LogP contribution in [0.3, 0.4) is 0 Å². The number of carbonyl (C=O) groups excluding carboxylic acids is 2. The number of nitrogens with zero attached hydrogens (tertiary/aromatic N) is 2. The second-order valence-corrected chi connectivity index (χ2v) is 8.34. The molecule has 0 N–H and O–H groups in total. The minimum atomic E-state index is -0.545. The summed E-state index contributed by atoms with van der Waals surface area (Å²) in [5, 5.41) is 0. The monoisotopic (exact) mass is 406 g/mol. The number of likely N-dealkylation sites (tertiary alicyclic amines) is 1. The molecule has 0 radical (unpaired) electrons. The number of amides is 2. The highest BCUT2D eigenvalue weighted by atomic mass is 16.5. The van der Waals surface area contributed by atoms with Crippen molar-refractivity contribution in [3.8, 4) is 11.1 Å². The summed E-state index contributed by atoms with van der Waals surface area (Å²) < 4.78 is 5.44. The molecule has 2 saturated heterocycles. The van der Waals surface area contributed by atoms with Gasteiger partial charge in [0.2, 0.25) is 11.8 Å². The molecular formula is C25H30N2O3. The molecule has 2 aromatic rings. The topological polar surface area (TPSA) is 49.9 Å². The van der Waals surface area contributed by atoms with E-state index in [1.165, 1.54) is 11.1 Å². The van der Waals surface area contributed by atoms with E-state index in [2.05, 4.69) is 36.4 Å². The normalized spacial score (nSPS) is 21.6. The van der Waals surface area contributed by atoms with Gasteiger partial charge < -0.3 is 14.5 Å². The molecule has 2 amide bonds. The summed E-state index contributed by atoms with van der Waals surface area (Å²) in [4.78, 5) is 29.7. The molecule has 0 bridgehead atoms. The maximum Gasteiger partial charge on any atom is 0.231 e. The highest BCUT2D eigenvalue weighted by Crippen LogP contribution is 2.37. The van der Waals surface area contributed by atoms with E-state index in [-0.39, 0.29) is 11.8 Å². The van der Waals surface area contributed by atoms with Gasteiger partial charge in [0.15, 0.2) is 0 Å². The number of rotatable bonds is 5. The molecule has 2 aromatic carbocycles. The van der Waals surface area contributed by atoms with Crippen LogP contribution >= 0.6 is 0 Å². The third-order valence-corrected chi connectivity index (χ3v) is 6.36. The molecule has 1 unspecified atom stereocenters. The average molecular weight is 407 g/mol. The van der Waals surface area contributed by atoms with Crippen LogP contribution in [0.15, 0.2) is 54.6 Å². The van der Waals surface area contributed by atoms with Gasteiger partial charge in [0.1, 0.15) is 0 Å². The van der Waals surface area contributed by atoms with Gasteiger partial charge in [-0.15, -0.1) is 0 Å². The maximum absolute atomic E-state index is 13.6. The lowest BCUT2D eigenvalue weighted by molar-refractivity contribution is -0.146. The fourth-order valence-electron chi connectivity index (χ4n) is 4.64. The van der Waals surface area contributed by atoms with Crippen LogP contribution in [0.1, 0.15) is 25.3 Å². The van der Waals surface area contributed by atoms with E-state index in [0.717, 1.165) is 12.0 Å². The molecule has 4 rings (SSSR count). The Morgan fingerprint density at radius 1 is 0.900 bits per heavy atom. The van der Waals surface area contributed by atoms with Crippen molar-refractivity contribution in [3.63, 3.8) is 0 Å². The number of carbonyl (C=O) groups is 2. The van der Waals surface area contributed by atoms with Crippen LogP contribution in [0.5, 0.6) is 0 Å². The van der Waals surface area contributed by atoms with Gasteiger partial charge in [0.05, 0.1) is 18.6 Å². The molecule has 158 valence electrons. The molecule has 0 saturated carbocycles. The van der Waals surface area contributed by atoms with Crippen LogP contribution in [0.25, 0.3) is 11.1 Å². The van der Waals surface area contributed by atoms with E-state index in [0.29, 0.717) is 52.2 Å². The highest BCUT2D eigenvalue weighted by Gasteiger charge is 2.47. The zero-order valence-electron chi connectivity index (χ0n) is 17.7. The molecule has 1 atom stereocenters. The van der Waals surface area contributed by atoms with Crippen LogP contribution in [-0.4, -0.2) is 61.0 Å². The van der Waals surface area contributed by atoms with E-state index >= 15 is 0 Å². The van der Waals surface area contributed by atoms with Crippen LogP contribution in [0.2, 0.25) is 0 Å². The minimum absolute atomic E-state index is 0.131. The van der Waals surface area contributed by atoms with Crippen LogP contribution in [0, 0.1) is 5.41 Å². The molecule has 0 aromatic heterocycles. The van der Waals surface area contributed by atoms with E-state index in [4.69, 9.17) is 4.74 Å². The fraction of sp³-hybridized carbons (Fsp3) is 0.440. The first kappa shape index (κ1) is 20.6. The summed E-state index contributed by atoms with van der Waals surface area (Å²) in [5.74, 6) is 0.301. The molecule has 2 aliphatic rings. The second-order valence-electron chi connectivity index (χ2n) is 8.34. The second kappa shape index (κ2) is 9.00. The Labute approximate surface area is 178 Å². The highest BCUT2D eigenvalue weighted by molar-refractivity contribution is 5.86. The molecule has 2 heterocycles. The predicted molar refractivity (Wildman–Crippen MR) is 117 cm³/mol. The lowest BCUT2D eigenvalue weighted by Gasteiger charge is -2.36. The van der Waals surface area contributed by atoms with E-state index < -0.39 is 5.41 Å². The van der Waals surface area contributed by atoms with Crippen molar-refractivity contribution >= 4 is 11.8 Å². The quantitative estimate of drug-likeness (QED) is 0.765. The van der Waals surface area contributed by atoms with Crippen molar-refractivity contribution < 1.29 is 14.3 Å². The van der Waals surface area contributed by atoms with Gasteiger partial charge >= 0.3 is 0 Å².